The Morgan fingerprint density at radius 1 is 1.25 bits per heavy atom. The van der Waals surface area contributed by atoms with Crippen LogP contribution in [0.5, 0.6) is 0 Å². The molecule has 0 aliphatic heterocycles. The molecule has 0 spiro atoms. The minimum Gasteiger partial charge on any atom is -0.354 e. The number of rotatable bonds is 4. The van der Waals surface area contributed by atoms with Gasteiger partial charge in [0.05, 0.1) is 0 Å². The maximum absolute atomic E-state index is 4.28. The van der Waals surface area contributed by atoms with Gasteiger partial charge in [0.25, 0.3) is 0 Å². The van der Waals surface area contributed by atoms with E-state index in [-0.39, 0.29) is 0 Å². The molecule has 0 aliphatic carbocycles. The number of nitrogens with zero attached hydrogens (tertiary/aromatic N) is 4. The summed E-state index contributed by atoms with van der Waals surface area (Å²) < 4.78 is 0. The van der Waals surface area contributed by atoms with Crippen molar-refractivity contribution in [2.75, 3.05) is 11.9 Å². The molecule has 6 heteroatoms. The molecule has 16 heavy (non-hydrogen) atoms. The Morgan fingerprint density at radius 2 is 2.00 bits per heavy atom. The van der Waals surface area contributed by atoms with E-state index in [1.165, 1.54) is 6.33 Å². The largest absolute Gasteiger partial charge is 0.354 e. The van der Waals surface area contributed by atoms with Gasteiger partial charge in [-0.25, -0.2) is 15.0 Å². The molecule has 0 amide bonds. The highest BCUT2D eigenvalue weighted by Crippen LogP contribution is 2.03. The van der Waals surface area contributed by atoms with Crippen LogP contribution in [-0.2, 0) is 6.42 Å². The number of aromatic amines is 1. The van der Waals surface area contributed by atoms with Crippen molar-refractivity contribution >= 4 is 5.95 Å². The lowest BCUT2D eigenvalue weighted by Crippen LogP contribution is -2.09. The van der Waals surface area contributed by atoms with Crippen LogP contribution >= 0.6 is 0 Å². The Balaban J connectivity index is 1.89. The van der Waals surface area contributed by atoms with Gasteiger partial charge in [-0.15, -0.1) is 0 Å². The molecule has 0 radical (unpaired) electrons. The van der Waals surface area contributed by atoms with Crippen LogP contribution in [0.15, 0.2) is 12.4 Å². The van der Waals surface area contributed by atoms with Gasteiger partial charge in [-0.05, 0) is 19.9 Å². The van der Waals surface area contributed by atoms with Crippen LogP contribution < -0.4 is 5.32 Å². The molecule has 0 unspecified atom stereocenters. The Labute approximate surface area is 93.6 Å². The lowest BCUT2D eigenvalue weighted by atomic mass is 10.3. The van der Waals surface area contributed by atoms with Crippen LogP contribution in [0.3, 0.4) is 0 Å². The van der Waals surface area contributed by atoms with E-state index in [2.05, 4.69) is 30.5 Å². The fraction of sp³-hybridized carbons (Fsp3) is 0.400. The van der Waals surface area contributed by atoms with Crippen LogP contribution in [0.2, 0.25) is 0 Å². The zero-order valence-corrected chi connectivity index (χ0v) is 9.36. The summed E-state index contributed by atoms with van der Waals surface area (Å²) in [7, 11) is 0. The van der Waals surface area contributed by atoms with E-state index in [4.69, 9.17) is 0 Å². The minimum absolute atomic E-state index is 0.664. The predicted molar refractivity (Wildman–Crippen MR) is 60.1 cm³/mol. The number of H-pyrrole nitrogens is 1. The summed E-state index contributed by atoms with van der Waals surface area (Å²) in [4.78, 5) is 12.6. The third kappa shape index (κ3) is 2.75. The van der Waals surface area contributed by atoms with Crippen molar-refractivity contribution in [1.29, 1.82) is 0 Å². The van der Waals surface area contributed by atoms with E-state index in [1.54, 1.807) is 0 Å². The first-order valence-electron chi connectivity index (χ1n) is 5.14. The molecule has 2 aromatic rings. The molecule has 2 rings (SSSR count). The zero-order chi connectivity index (χ0) is 11.4. The van der Waals surface area contributed by atoms with Crippen molar-refractivity contribution in [3.05, 3.63) is 29.6 Å². The fourth-order valence-corrected chi connectivity index (χ4v) is 1.45. The van der Waals surface area contributed by atoms with E-state index in [0.29, 0.717) is 5.95 Å². The predicted octanol–water partition coefficient (Wildman–Crippen LogP) is 0.866. The molecule has 0 bridgehead atoms. The minimum atomic E-state index is 0.664. The van der Waals surface area contributed by atoms with Crippen LogP contribution in [0.1, 0.15) is 17.2 Å². The first-order chi connectivity index (χ1) is 7.74. The van der Waals surface area contributed by atoms with Crippen LogP contribution in [0, 0.1) is 13.8 Å². The highest BCUT2D eigenvalue weighted by molar-refractivity contribution is 5.27. The summed E-state index contributed by atoms with van der Waals surface area (Å²) >= 11 is 0. The molecule has 0 atom stereocenters. The number of hydrogen-bond donors (Lipinski definition) is 2. The summed E-state index contributed by atoms with van der Waals surface area (Å²) in [6.07, 6.45) is 2.28. The van der Waals surface area contributed by atoms with Crippen molar-refractivity contribution in [2.24, 2.45) is 0 Å². The van der Waals surface area contributed by atoms with Gasteiger partial charge < -0.3 is 5.32 Å². The second-order valence-electron chi connectivity index (χ2n) is 3.58. The number of nitrogens with one attached hydrogen (secondary N) is 2. The van der Waals surface area contributed by atoms with Crippen LogP contribution in [-0.4, -0.2) is 31.7 Å². The number of anilines is 1. The maximum Gasteiger partial charge on any atom is 0.223 e. The second-order valence-corrected chi connectivity index (χ2v) is 3.58. The SMILES string of the molecule is Cc1cc(C)nc(NCCc2ncn[nH]2)n1. The second kappa shape index (κ2) is 4.69. The Bertz CT molecular complexity index is 430. The Kier molecular flexibility index (Phi) is 3.09. The molecule has 0 aliphatic rings. The molecule has 2 heterocycles. The lowest BCUT2D eigenvalue weighted by Gasteiger charge is -2.05. The van der Waals surface area contributed by atoms with E-state index in [9.17, 15) is 0 Å². The number of aromatic nitrogens is 5. The van der Waals surface area contributed by atoms with Crippen molar-refractivity contribution in [3.63, 3.8) is 0 Å². The third-order valence-corrected chi connectivity index (χ3v) is 2.09. The quantitative estimate of drug-likeness (QED) is 0.795. The zero-order valence-electron chi connectivity index (χ0n) is 9.36. The smallest absolute Gasteiger partial charge is 0.223 e. The van der Waals surface area contributed by atoms with Gasteiger partial charge in [0.2, 0.25) is 5.95 Å². The standard InChI is InChI=1S/C10H14N6/c1-7-5-8(2)15-10(14-7)11-4-3-9-12-6-13-16-9/h5-6H,3-4H2,1-2H3,(H,11,14,15)(H,12,13,16). The molecule has 2 N–H and O–H groups in total. The fourth-order valence-electron chi connectivity index (χ4n) is 1.45. The molecular formula is C10H14N6. The highest BCUT2D eigenvalue weighted by Gasteiger charge is 1.99. The summed E-state index contributed by atoms with van der Waals surface area (Å²) in [5.41, 5.74) is 1.93. The van der Waals surface area contributed by atoms with Crippen LogP contribution in [0.25, 0.3) is 0 Å². The van der Waals surface area contributed by atoms with Gasteiger partial charge in [0, 0.05) is 24.4 Å². The molecule has 2 aromatic heterocycles. The monoisotopic (exact) mass is 218 g/mol. The van der Waals surface area contributed by atoms with Gasteiger partial charge in [0.1, 0.15) is 12.2 Å². The van der Waals surface area contributed by atoms with E-state index in [1.807, 2.05) is 19.9 Å². The van der Waals surface area contributed by atoms with Gasteiger partial charge in [0.15, 0.2) is 0 Å². The van der Waals surface area contributed by atoms with E-state index >= 15 is 0 Å². The molecule has 0 fully saturated rings. The summed E-state index contributed by atoms with van der Waals surface area (Å²) in [6, 6.07) is 1.95. The molecule has 0 saturated carbocycles. The number of aryl methyl sites for hydroxylation is 2. The van der Waals surface area contributed by atoms with Crippen molar-refractivity contribution < 1.29 is 0 Å². The average molecular weight is 218 g/mol. The first kappa shape index (κ1) is 10.5. The topological polar surface area (TPSA) is 79.4 Å². The van der Waals surface area contributed by atoms with Crippen molar-refractivity contribution in [1.82, 2.24) is 25.1 Å². The molecule has 84 valence electrons. The maximum atomic E-state index is 4.28. The highest BCUT2D eigenvalue weighted by atomic mass is 15.2. The summed E-state index contributed by atoms with van der Waals surface area (Å²) in [5.74, 6) is 1.52. The van der Waals surface area contributed by atoms with Crippen molar-refractivity contribution in [2.45, 2.75) is 20.3 Å². The third-order valence-electron chi connectivity index (χ3n) is 2.09. The average Bonchev–Trinajstić information content (AvgIpc) is 2.69. The molecular weight excluding hydrogens is 204 g/mol. The van der Waals surface area contributed by atoms with Gasteiger partial charge in [-0.1, -0.05) is 0 Å². The van der Waals surface area contributed by atoms with E-state index in [0.717, 1.165) is 30.2 Å². The first-order valence-corrected chi connectivity index (χ1v) is 5.14. The molecule has 0 saturated heterocycles. The normalized spacial score (nSPS) is 10.4. The Hall–Kier alpha value is -1.98. The van der Waals surface area contributed by atoms with Gasteiger partial charge in [-0.3, -0.25) is 5.10 Å². The van der Waals surface area contributed by atoms with Gasteiger partial charge in [-0.2, -0.15) is 5.10 Å². The van der Waals surface area contributed by atoms with Crippen molar-refractivity contribution in [3.8, 4) is 0 Å². The van der Waals surface area contributed by atoms with E-state index < -0.39 is 0 Å². The summed E-state index contributed by atoms with van der Waals surface area (Å²) in [6.45, 7) is 4.64. The van der Waals surface area contributed by atoms with Crippen LogP contribution in [0.4, 0.5) is 5.95 Å². The lowest BCUT2D eigenvalue weighted by molar-refractivity contribution is 0.886. The van der Waals surface area contributed by atoms with Gasteiger partial charge >= 0.3 is 0 Å². The molecule has 0 aromatic carbocycles. The Morgan fingerprint density at radius 3 is 2.62 bits per heavy atom. The number of hydrogen-bond acceptors (Lipinski definition) is 5. The summed E-state index contributed by atoms with van der Waals surface area (Å²) in [5, 5.41) is 9.74. The molecule has 6 nitrogen and oxygen atoms in total.